The highest BCUT2D eigenvalue weighted by molar-refractivity contribution is 7.83. The van der Waals surface area contributed by atoms with Gasteiger partial charge in [0, 0.05) is 28.5 Å². The van der Waals surface area contributed by atoms with Crippen LogP contribution in [0.1, 0.15) is 30.9 Å². The Morgan fingerprint density at radius 3 is 2.74 bits per heavy atom. The Morgan fingerprint density at radius 2 is 2.16 bits per heavy atom. The molecule has 106 valence electrons. The molecule has 0 spiro atoms. The second-order valence-corrected chi connectivity index (χ2v) is 6.13. The van der Waals surface area contributed by atoms with Crippen molar-refractivity contribution in [3.05, 3.63) is 29.3 Å². The fraction of sp³-hybridized carbons (Fsp3) is 0.500. The molecule has 0 saturated carbocycles. The van der Waals surface area contributed by atoms with E-state index in [0.29, 0.717) is 12.2 Å². The highest BCUT2D eigenvalue weighted by Crippen LogP contribution is 2.20. The van der Waals surface area contributed by atoms with Gasteiger partial charge in [-0.05, 0) is 30.5 Å². The Morgan fingerprint density at radius 1 is 1.47 bits per heavy atom. The summed E-state index contributed by atoms with van der Waals surface area (Å²) in [4.78, 5) is 11.9. The Labute approximate surface area is 117 Å². The molecule has 0 aromatic heterocycles. The van der Waals surface area contributed by atoms with E-state index < -0.39 is 16.8 Å². The van der Waals surface area contributed by atoms with Gasteiger partial charge >= 0.3 is 0 Å². The first kappa shape index (κ1) is 15.9. The van der Waals surface area contributed by atoms with Gasteiger partial charge in [0.05, 0.1) is 6.04 Å². The van der Waals surface area contributed by atoms with Gasteiger partial charge in [-0.1, -0.05) is 25.5 Å². The van der Waals surface area contributed by atoms with Crippen LogP contribution in [0, 0.1) is 6.92 Å². The number of anilines is 1. The van der Waals surface area contributed by atoms with Crippen LogP contribution in [0.15, 0.2) is 18.2 Å². The van der Waals surface area contributed by atoms with E-state index in [1.165, 1.54) is 0 Å². The van der Waals surface area contributed by atoms with Gasteiger partial charge < -0.3 is 11.1 Å². The number of carbonyl (C=O) groups is 1. The molecule has 0 bridgehead atoms. The Bertz CT molecular complexity index is 475. The predicted octanol–water partition coefficient (Wildman–Crippen LogP) is 1.94. The molecule has 3 N–H and O–H groups in total. The van der Waals surface area contributed by atoms with Crippen LogP contribution in [-0.4, -0.2) is 22.4 Å². The van der Waals surface area contributed by atoms with E-state index >= 15 is 0 Å². The van der Waals surface area contributed by atoms with Crippen LogP contribution < -0.4 is 11.1 Å². The molecule has 2 unspecified atom stereocenters. The van der Waals surface area contributed by atoms with E-state index in [4.69, 9.17) is 5.73 Å². The molecule has 0 saturated heterocycles. The maximum atomic E-state index is 11.9. The first-order valence-electron chi connectivity index (χ1n) is 6.40. The standard InChI is InChI=1S/C14H22N2O2S/c1-4-6-12(15)14(17)16-13-8-5-7-11(10(13)2)9-19(3)18/h5,7-8,12H,4,6,9,15H2,1-3H3,(H,16,17). The summed E-state index contributed by atoms with van der Waals surface area (Å²) in [6.07, 6.45) is 3.22. The van der Waals surface area contributed by atoms with Crippen molar-refractivity contribution in [2.75, 3.05) is 11.6 Å². The molecule has 0 radical (unpaired) electrons. The third-order valence-corrected chi connectivity index (χ3v) is 3.72. The average Bonchev–Trinajstić information content (AvgIpc) is 2.34. The summed E-state index contributed by atoms with van der Waals surface area (Å²) in [5.41, 5.74) is 8.48. The third-order valence-electron chi connectivity index (χ3n) is 3.00. The van der Waals surface area contributed by atoms with Gasteiger partial charge in [-0.2, -0.15) is 0 Å². The summed E-state index contributed by atoms with van der Waals surface area (Å²) in [7, 11) is -0.897. The van der Waals surface area contributed by atoms with E-state index in [9.17, 15) is 9.00 Å². The van der Waals surface area contributed by atoms with Gasteiger partial charge in [-0.3, -0.25) is 9.00 Å². The molecule has 1 amide bonds. The number of amides is 1. The van der Waals surface area contributed by atoms with Crippen molar-refractivity contribution < 1.29 is 9.00 Å². The van der Waals surface area contributed by atoms with Crippen LogP contribution in [0.3, 0.4) is 0 Å². The maximum absolute atomic E-state index is 11.9. The van der Waals surface area contributed by atoms with Crippen molar-refractivity contribution in [1.82, 2.24) is 0 Å². The van der Waals surface area contributed by atoms with Gasteiger partial charge in [0.2, 0.25) is 5.91 Å². The van der Waals surface area contributed by atoms with E-state index in [0.717, 1.165) is 23.2 Å². The lowest BCUT2D eigenvalue weighted by atomic mass is 10.1. The summed E-state index contributed by atoms with van der Waals surface area (Å²) >= 11 is 0. The third kappa shape index (κ3) is 4.76. The molecule has 0 aliphatic rings. The molecule has 5 heteroatoms. The Kier molecular flexibility index (Phi) is 6.18. The van der Waals surface area contributed by atoms with Crippen molar-refractivity contribution in [3.63, 3.8) is 0 Å². The second-order valence-electron chi connectivity index (χ2n) is 4.69. The number of nitrogens with two attached hydrogens (primary N) is 1. The molecule has 1 aromatic rings. The van der Waals surface area contributed by atoms with Crippen molar-refractivity contribution in [2.24, 2.45) is 5.73 Å². The van der Waals surface area contributed by atoms with Crippen LogP contribution >= 0.6 is 0 Å². The zero-order chi connectivity index (χ0) is 14.4. The molecule has 1 aromatic carbocycles. The quantitative estimate of drug-likeness (QED) is 0.837. The number of benzene rings is 1. The van der Waals surface area contributed by atoms with Crippen LogP contribution in [0.5, 0.6) is 0 Å². The van der Waals surface area contributed by atoms with E-state index in [1.54, 1.807) is 6.26 Å². The number of carbonyl (C=O) groups excluding carboxylic acids is 1. The Hall–Kier alpha value is -1.20. The first-order valence-corrected chi connectivity index (χ1v) is 8.13. The van der Waals surface area contributed by atoms with Gasteiger partial charge in [-0.15, -0.1) is 0 Å². The molecule has 0 aliphatic carbocycles. The Balaban J connectivity index is 2.84. The lowest BCUT2D eigenvalue weighted by Crippen LogP contribution is -2.35. The number of rotatable bonds is 6. The minimum atomic E-state index is -0.897. The fourth-order valence-electron chi connectivity index (χ4n) is 1.86. The topological polar surface area (TPSA) is 72.2 Å². The summed E-state index contributed by atoms with van der Waals surface area (Å²) in [5.74, 6) is 0.330. The molecular weight excluding hydrogens is 260 g/mol. The smallest absolute Gasteiger partial charge is 0.241 e. The zero-order valence-corrected chi connectivity index (χ0v) is 12.5. The predicted molar refractivity (Wildman–Crippen MR) is 80.5 cm³/mol. The van der Waals surface area contributed by atoms with Gasteiger partial charge in [-0.25, -0.2) is 0 Å². The summed E-state index contributed by atoms with van der Waals surface area (Å²) < 4.78 is 11.3. The molecule has 0 heterocycles. The maximum Gasteiger partial charge on any atom is 0.241 e. The lowest BCUT2D eigenvalue weighted by molar-refractivity contribution is -0.117. The highest BCUT2D eigenvalue weighted by atomic mass is 32.2. The normalized spacial score (nSPS) is 13.9. The minimum absolute atomic E-state index is 0.167. The van der Waals surface area contributed by atoms with Crippen molar-refractivity contribution >= 4 is 22.4 Å². The molecule has 0 aliphatic heterocycles. The largest absolute Gasteiger partial charge is 0.324 e. The number of hydrogen-bond donors (Lipinski definition) is 2. The fourth-order valence-corrected chi connectivity index (χ4v) is 2.61. The lowest BCUT2D eigenvalue weighted by Gasteiger charge is -2.15. The molecule has 1 rings (SSSR count). The van der Waals surface area contributed by atoms with Crippen LogP contribution in [0.4, 0.5) is 5.69 Å². The number of hydrogen-bond acceptors (Lipinski definition) is 3. The van der Waals surface area contributed by atoms with Crippen molar-refractivity contribution in [3.8, 4) is 0 Å². The number of nitrogens with one attached hydrogen (secondary N) is 1. The summed E-state index contributed by atoms with van der Waals surface area (Å²) in [5, 5.41) is 2.85. The zero-order valence-electron chi connectivity index (χ0n) is 11.7. The minimum Gasteiger partial charge on any atom is -0.324 e. The summed E-state index contributed by atoms with van der Waals surface area (Å²) in [6.45, 7) is 3.92. The van der Waals surface area contributed by atoms with E-state index in [1.807, 2.05) is 32.0 Å². The van der Waals surface area contributed by atoms with Gasteiger partial charge in [0.1, 0.15) is 0 Å². The molecule has 2 atom stereocenters. The van der Waals surface area contributed by atoms with Gasteiger partial charge in [0.15, 0.2) is 0 Å². The van der Waals surface area contributed by atoms with E-state index in [2.05, 4.69) is 5.32 Å². The summed E-state index contributed by atoms with van der Waals surface area (Å²) in [6, 6.07) is 5.15. The molecule has 19 heavy (non-hydrogen) atoms. The van der Waals surface area contributed by atoms with Crippen molar-refractivity contribution in [2.45, 2.75) is 38.5 Å². The van der Waals surface area contributed by atoms with Crippen molar-refractivity contribution in [1.29, 1.82) is 0 Å². The average molecular weight is 282 g/mol. The molecule has 0 fully saturated rings. The molecule has 4 nitrogen and oxygen atoms in total. The van der Waals surface area contributed by atoms with Crippen LogP contribution in [-0.2, 0) is 21.3 Å². The first-order chi connectivity index (χ1) is 8.95. The monoisotopic (exact) mass is 282 g/mol. The highest BCUT2D eigenvalue weighted by Gasteiger charge is 2.14. The van der Waals surface area contributed by atoms with Crippen LogP contribution in [0.2, 0.25) is 0 Å². The second kappa shape index (κ2) is 7.40. The van der Waals surface area contributed by atoms with E-state index in [-0.39, 0.29) is 5.91 Å². The SMILES string of the molecule is CCCC(N)C(=O)Nc1cccc(CS(C)=O)c1C. The van der Waals surface area contributed by atoms with Crippen LogP contribution in [0.25, 0.3) is 0 Å². The van der Waals surface area contributed by atoms with Gasteiger partial charge in [0.25, 0.3) is 0 Å². The molecular formula is C14H22N2O2S.